The van der Waals surface area contributed by atoms with Gasteiger partial charge in [0.1, 0.15) is 11.6 Å². The van der Waals surface area contributed by atoms with Crippen molar-refractivity contribution in [1.82, 2.24) is 4.90 Å². The molecule has 5 heteroatoms. The number of halogens is 2. The normalized spacial score (nSPS) is 11.7. The third kappa shape index (κ3) is 3.27. The SMILES string of the molecule is CCN(CC(C)C#N)C(=O)c1cc(F)ccc1F. The lowest BCUT2D eigenvalue weighted by atomic mass is 10.1. The fourth-order valence-electron chi connectivity index (χ4n) is 1.56. The van der Waals surface area contributed by atoms with E-state index in [4.69, 9.17) is 5.26 Å². The summed E-state index contributed by atoms with van der Waals surface area (Å²) in [6, 6.07) is 4.75. The van der Waals surface area contributed by atoms with Crippen LogP contribution in [0.25, 0.3) is 0 Å². The average molecular weight is 252 g/mol. The Kier molecular flexibility index (Phi) is 4.78. The van der Waals surface area contributed by atoms with E-state index in [-0.39, 0.29) is 18.0 Å². The minimum atomic E-state index is -0.760. The first-order chi connectivity index (χ1) is 8.49. The van der Waals surface area contributed by atoms with Gasteiger partial charge in [-0.15, -0.1) is 0 Å². The van der Waals surface area contributed by atoms with Gasteiger partial charge in [-0.1, -0.05) is 0 Å². The molecule has 0 fully saturated rings. The first-order valence-corrected chi connectivity index (χ1v) is 5.63. The molecule has 0 spiro atoms. The molecule has 0 N–H and O–H groups in total. The molecule has 18 heavy (non-hydrogen) atoms. The molecule has 1 aromatic carbocycles. The summed E-state index contributed by atoms with van der Waals surface area (Å²) >= 11 is 0. The van der Waals surface area contributed by atoms with Crippen LogP contribution in [0.1, 0.15) is 24.2 Å². The number of hydrogen-bond donors (Lipinski definition) is 0. The Morgan fingerprint density at radius 1 is 1.50 bits per heavy atom. The van der Waals surface area contributed by atoms with Crippen LogP contribution in [-0.2, 0) is 0 Å². The fraction of sp³-hybridized carbons (Fsp3) is 0.385. The number of rotatable bonds is 4. The van der Waals surface area contributed by atoms with Gasteiger partial charge >= 0.3 is 0 Å². The molecule has 0 radical (unpaired) electrons. The van der Waals surface area contributed by atoms with Crippen molar-refractivity contribution in [2.45, 2.75) is 13.8 Å². The summed E-state index contributed by atoms with van der Waals surface area (Å²) in [5, 5.41) is 8.71. The number of amides is 1. The Hall–Kier alpha value is -1.96. The van der Waals surface area contributed by atoms with E-state index in [1.54, 1.807) is 13.8 Å². The molecule has 0 saturated heterocycles. The molecule has 0 heterocycles. The van der Waals surface area contributed by atoms with Gasteiger partial charge in [-0.2, -0.15) is 5.26 Å². The minimum Gasteiger partial charge on any atom is -0.338 e. The van der Waals surface area contributed by atoms with E-state index in [0.29, 0.717) is 6.54 Å². The smallest absolute Gasteiger partial charge is 0.256 e. The van der Waals surface area contributed by atoms with Crippen molar-refractivity contribution in [3.05, 3.63) is 35.4 Å². The molecule has 0 saturated carbocycles. The maximum absolute atomic E-state index is 13.5. The highest BCUT2D eigenvalue weighted by atomic mass is 19.1. The van der Waals surface area contributed by atoms with Crippen LogP contribution in [0.15, 0.2) is 18.2 Å². The molecule has 0 aromatic heterocycles. The van der Waals surface area contributed by atoms with Gasteiger partial charge in [0, 0.05) is 13.1 Å². The van der Waals surface area contributed by atoms with Gasteiger partial charge in [0.15, 0.2) is 0 Å². The number of carbonyl (C=O) groups is 1. The van der Waals surface area contributed by atoms with Crippen molar-refractivity contribution in [3.8, 4) is 6.07 Å². The van der Waals surface area contributed by atoms with Crippen LogP contribution in [-0.4, -0.2) is 23.9 Å². The van der Waals surface area contributed by atoms with Gasteiger partial charge in [0.2, 0.25) is 0 Å². The summed E-state index contributed by atoms with van der Waals surface area (Å²) in [6.45, 7) is 3.92. The lowest BCUT2D eigenvalue weighted by Gasteiger charge is -2.22. The lowest BCUT2D eigenvalue weighted by molar-refractivity contribution is 0.0747. The highest BCUT2D eigenvalue weighted by Gasteiger charge is 2.20. The standard InChI is InChI=1S/C13H14F2N2O/c1-3-17(8-9(2)7-16)13(18)11-6-10(14)4-5-12(11)15/h4-6,9H,3,8H2,1-2H3. The van der Waals surface area contributed by atoms with E-state index in [1.807, 2.05) is 6.07 Å². The van der Waals surface area contributed by atoms with Crippen molar-refractivity contribution in [1.29, 1.82) is 5.26 Å². The van der Waals surface area contributed by atoms with Gasteiger partial charge in [-0.3, -0.25) is 4.79 Å². The molecular weight excluding hydrogens is 238 g/mol. The predicted molar refractivity (Wildman–Crippen MR) is 62.7 cm³/mol. The second kappa shape index (κ2) is 6.10. The zero-order chi connectivity index (χ0) is 13.7. The fourth-order valence-corrected chi connectivity index (χ4v) is 1.56. The van der Waals surface area contributed by atoms with Crippen molar-refractivity contribution >= 4 is 5.91 Å². The summed E-state index contributed by atoms with van der Waals surface area (Å²) in [6.07, 6.45) is 0. The van der Waals surface area contributed by atoms with E-state index in [2.05, 4.69) is 0 Å². The monoisotopic (exact) mass is 252 g/mol. The zero-order valence-electron chi connectivity index (χ0n) is 10.3. The van der Waals surface area contributed by atoms with E-state index >= 15 is 0 Å². The molecule has 1 atom stereocenters. The van der Waals surface area contributed by atoms with Gasteiger partial charge in [0.25, 0.3) is 5.91 Å². The number of carbonyl (C=O) groups excluding carboxylic acids is 1. The van der Waals surface area contributed by atoms with Crippen molar-refractivity contribution in [2.24, 2.45) is 5.92 Å². The van der Waals surface area contributed by atoms with E-state index in [0.717, 1.165) is 18.2 Å². The molecule has 96 valence electrons. The largest absolute Gasteiger partial charge is 0.338 e. The first-order valence-electron chi connectivity index (χ1n) is 5.63. The molecule has 0 aliphatic rings. The van der Waals surface area contributed by atoms with Gasteiger partial charge < -0.3 is 4.90 Å². The molecule has 0 aliphatic carbocycles. The molecule has 3 nitrogen and oxygen atoms in total. The summed E-state index contributed by atoms with van der Waals surface area (Å²) < 4.78 is 26.5. The van der Waals surface area contributed by atoms with Crippen LogP contribution in [0.3, 0.4) is 0 Å². The van der Waals surface area contributed by atoms with E-state index < -0.39 is 17.5 Å². The summed E-state index contributed by atoms with van der Waals surface area (Å²) in [7, 11) is 0. The van der Waals surface area contributed by atoms with Crippen LogP contribution in [0, 0.1) is 28.9 Å². The zero-order valence-corrected chi connectivity index (χ0v) is 10.3. The number of hydrogen-bond acceptors (Lipinski definition) is 2. The molecule has 1 aromatic rings. The summed E-state index contributed by atoms with van der Waals surface area (Å²) in [4.78, 5) is 13.3. The lowest BCUT2D eigenvalue weighted by Crippen LogP contribution is -2.34. The van der Waals surface area contributed by atoms with Crippen molar-refractivity contribution < 1.29 is 13.6 Å². The first kappa shape index (κ1) is 14.1. The average Bonchev–Trinajstić information content (AvgIpc) is 2.37. The van der Waals surface area contributed by atoms with Crippen LogP contribution in [0.2, 0.25) is 0 Å². The highest BCUT2D eigenvalue weighted by molar-refractivity contribution is 5.94. The Bertz CT molecular complexity index is 482. The Labute approximate surface area is 105 Å². The molecule has 1 rings (SSSR count). The Balaban J connectivity index is 2.97. The van der Waals surface area contributed by atoms with Gasteiger partial charge in [-0.05, 0) is 32.0 Å². The summed E-state index contributed by atoms with van der Waals surface area (Å²) in [5.74, 6) is -2.38. The molecule has 1 amide bonds. The van der Waals surface area contributed by atoms with E-state index in [1.165, 1.54) is 4.90 Å². The van der Waals surface area contributed by atoms with Crippen molar-refractivity contribution in [3.63, 3.8) is 0 Å². The van der Waals surface area contributed by atoms with Gasteiger partial charge in [-0.25, -0.2) is 8.78 Å². The van der Waals surface area contributed by atoms with Crippen LogP contribution < -0.4 is 0 Å². The highest BCUT2D eigenvalue weighted by Crippen LogP contribution is 2.13. The topological polar surface area (TPSA) is 44.1 Å². The van der Waals surface area contributed by atoms with Crippen LogP contribution >= 0.6 is 0 Å². The maximum Gasteiger partial charge on any atom is 0.256 e. The summed E-state index contributed by atoms with van der Waals surface area (Å²) in [5.41, 5.74) is -0.304. The molecule has 0 aliphatic heterocycles. The van der Waals surface area contributed by atoms with E-state index in [9.17, 15) is 13.6 Å². The number of benzene rings is 1. The van der Waals surface area contributed by atoms with Gasteiger partial charge in [0.05, 0.1) is 17.6 Å². The second-order valence-corrected chi connectivity index (χ2v) is 4.00. The minimum absolute atomic E-state index is 0.196. The second-order valence-electron chi connectivity index (χ2n) is 4.00. The predicted octanol–water partition coefficient (Wildman–Crippen LogP) is 2.59. The quantitative estimate of drug-likeness (QED) is 0.826. The number of nitriles is 1. The van der Waals surface area contributed by atoms with Crippen molar-refractivity contribution in [2.75, 3.05) is 13.1 Å². The van der Waals surface area contributed by atoms with Crippen LogP contribution in [0.4, 0.5) is 8.78 Å². The number of nitrogens with zero attached hydrogens (tertiary/aromatic N) is 2. The van der Waals surface area contributed by atoms with Crippen LogP contribution in [0.5, 0.6) is 0 Å². The maximum atomic E-state index is 13.5. The molecular formula is C13H14F2N2O. The Morgan fingerprint density at radius 2 is 2.17 bits per heavy atom. The molecule has 1 unspecified atom stereocenters. The third-order valence-electron chi connectivity index (χ3n) is 2.54. The third-order valence-corrected chi connectivity index (χ3v) is 2.54. The Morgan fingerprint density at radius 3 is 2.72 bits per heavy atom. The molecule has 0 bridgehead atoms.